The molecule has 0 unspecified atom stereocenters. The normalized spacial score (nSPS) is 13.6. The van der Waals surface area contributed by atoms with Crippen molar-refractivity contribution >= 4 is 17.4 Å². The second-order valence-electron chi connectivity index (χ2n) is 7.04. The summed E-state index contributed by atoms with van der Waals surface area (Å²) in [6.45, 7) is 7.65. The lowest BCUT2D eigenvalue weighted by Crippen LogP contribution is -2.05. The molecule has 6 heteroatoms. The summed E-state index contributed by atoms with van der Waals surface area (Å²) in [5.41, 5.74) is 10.5. The van der Waals surface area contributed by atoms with Gasteiger partial charge in [0.2, 0.25) is 0 Å². The summed E-state index contributed by atoms with van der Waals surface area (Å²) in [6.07, 6.45) is 10.3. The molecule has 1 saturated carbocycles. The highest BCUT2D eigenvalue weighted by molar-refractivity contribution is 5.75. The number of carbonyl (C=O) groups excluding carboxylic acids is 1. The third-order valence-corrected chi connectivity index (χ3v) is 5.10. The van der Waals surface area contributed by atoms with Gasteiger partial charge in [-0.2, -0.15) is 9.61 Å². The van der Waals surface area contributed by atoms with E-state index >= 15 is 0 Å². The van der Waals surface area contributed by atoms with E-state index in [0.717, 1.165) is 22.7 Å². The van der Waals surface area contributed by atoms with Crippen LogP contribution in [0.3, 0.4) is 0 Å². The van der Waals surface area contributed by atoms with Crippen molar-refractivity contribution in [2.24, 2.45) is 0 Å². The predicted molar refractivity (Wildman–Crippen MR) is 122 cm³/mol. The lowest BCUT2D eigenvalue weighted by Gasteiger charge is -2.22. The van der Waals surface area contributed by atoms with Crippen LogP contribution in [0.2, 0.25) is 0 Å². The maximum atomic E-state index is 9.82. The molecule has 0 saturated heterocycles. The van der Waals surface area contributed by atoms with Gasteiger partial charge in [-0.3, -0.25) is 4.79 Å². The van der Waals surface area contributed by atoms with Crippen molar-refractivity contribution in [3.63, 3.8) is 0 Å². The lowest BCUT2D eigenvalue weighted by atomic mass is 9.84. The molecule has 2 N–H and O–H groups in total. The Labute approximate surface area is 179 Å². The molecule has 2 heterocycles. The minimum atomic E-state index is -0.211. The van der Waals surface area contributed by atoms with Crippen LogP contribution < -0.4 is 5.73 Å². The molecule has 162 valence electrons. The number of nitrogens with two attached hydrogens (primary N) is 1. The van der Waals surface area contributed by atoms with Crippen LogP contribution >= 0.6 is 0 Å². The van der Waals surface area contributed by atoms with Crippen molar-refractivity contribution in [3.05, 3.63) is 48.3 Å². The molecule has 0 aliphatic heterocycles. The van der Waals surface area contributed by atoms with Crippen molar-refractivity contribution in [2.75, 3.05) is 12.3 Å². The fraction of sp³-hybridized carbons (Fsp3) is 0.458. The van der Waals surface area contributed by atoms with Gasteiger partial charge < -0.3 is 10.5 Å². The maximum Gasteiger partial charge on any atom is 0.302 e. The molecule has 6 nitrogen and oxygen atoms in total. The average molecular weight is 411 g/mol. The van der Waals surface area contributed by atoms with Crippen LogP contribution in [-0.4, -0.2) is 27.2 Å². The van der Waals surface area contributed by atoms with Gasteiger partial charge in [0.25, 0.3) is 0 Å². The van der Waals surface area contributed by atoms with Crippen LogP contribution in [-0.2, 0) is 9.53 Å². The zero-order valence-electron chi connectivity index (χ0n) is 18.6. The van der Waals surface area contributed by atoms with Crippen LogP contribution in [0.5, 0.6) is 0 Å². The maximum absolute atomic E-state index is 9.82. The van der Waals surface area contributed by atoms with Crippen LogP contribution in [0.1, 0.15) is 71.3 Å². The highest BCUT2D eigenvalue weighted by atomic mass is 16.5. The Balaban J connectivity index is 0.000000348. The number of hydrogen-bond acceptors (Lipinski definition) is 5. The Morgan fingerprint density at radius 3 is 2.37 bits per heavy atom. The van der Waals surface area contributed by atoms with Crippen LogP contribution in [0, 0.1) is 0 Å². The van der Waals surface area contributed by atoms with E-state index in [1.807, 2.05) is 26.1 Å². The number of aromatic nitrogens is 3. The molecule has 2 aromatic heterocycles. The molecule has 1 fully saturated rings. The number of esters is 1. The standard InChI is InChI=1S/C18H20N4.C4H8O2.C2H6/c19-18-16(12-20-17-10-11-21-22(17)18)15-8-6-14(7-9-15)13-4-2-1-3-5-13;1-3-6-4(2)5;1-2/h6-13H,1-5,19H2;3H2,1-2H3;1-2H3. The number of anilines is 1. The van der Waals surface area contributed by atoms with E-state index in [-0.39, 0.29) is 5.97 Å². The van der Waals surface area contributed by atoms with Gasteiger partial charge >= 0.3 is 5.97 Å². The van der Waals surface area contributed by atoms with Crippen LogP contribution in [0.25, 0.3) is 16.8 Å². The lowest BCUT2D eigenvalue weighted by molar-refractivity contribution is -0.140. The van der Waals surface area contributed by atoms with E-state index in [2.05, 4.69) is 39.1 Å². The van der Waals surface area contributed by atoms with Crippen LogP contribution in [0.4, 0.5) is 5.82 Å². The summed E-state index contributed by atoms with van der Waals surface area (Å²) in [7, 11) is 0. The first-order valence-corrected chi connectivity index (χ1v) is 10.9. The number of carbonyl (C=O) groups is 1. The Morgan fingerprint density at radius 1 is 1.13 bits per heavy atom. The van der Waals surface area contributed by atoms with Gasteiger partial charge in [-0.05, 0) is 36.8 Å². The Hall–Kier alpha value is -2.89. The van der Waals surface area contributed by atoms with Gasteiger partial charge in [-0.1, -0.05) is 57.4 Å². The number of hydrogen-bond donors (Lipinski definition) is 1. The quantitative estimate of drug-likeness (QED) is 0.567. The summed E-state index contributed by atoms with van der Waals surface area (Å²) in [4.78, 5) is 14.2. The van der Waals surface area contributed by atoms with Crippen LogP contribution in [0.15, 0.2) is 42.7 Å². The van der Waals surface area contributed by atoms with E-state index in [9.17, 15) is 4.79 Å². The third-order valence-electron chi connectivity index (χ3n) is 5.10. The van der Waals surface area contributed by atoms with E-state index in [0.29, 0.717) is 12.4 Å². The number of benzene rings is 1. The van der Waals surface area contributed by atoms with Crippen molar-refractivity contribution in [2.45, 2.75) is 65.7 Å². The van der Waals surface area contributed by atoms with Gasteiger partial charge in [0.05, 0.1) is 12.8 Å². The number of fused-ring (bicyclic) bond motifs is 1. The second kappa shape index (κ2) is 12.0. The molecule has 0 radical (unpaired) electrons. The topological polar surface area (TPSA) is 82.5 Å². The summed E-state index contributed by atoms with van der Waals surface area (Å²) < 4.78 is 6.09. The second-order valence-corrected chi connectivity index (χ2v) is 7.04. The van der Waals surface area contributed by atoms with E-state index in [4.69, 9.17) is 5.73 Å². The van der Waals surface area contributed by atoms with Crippen molar-refractivity contribution in [3.8, 4) is 11.1 Å². The minimum absolute atomic E-state index is 0.211. The number of nitrogens with zero attached hydrogens (tertiary/aromatic N) is 3. The van der Waals surface area contributed by atoms with E-state index in [1.54, 1.807) is 17.6 Å². The zero-order valence-corrected chi connectivity index (χ0v) is 18.6. The monoisotopic (exact) mass is 410 g/mol. The summed E-state index contributed by atoms with van der Waals surface area (Å²) in [5.74, 6) is 1.16. The predicted octanol–water partition coefficient (Wildman–Crippen LogP) is 5.62. The molecule has 3 aromatic rings. The van der Waals surface area contributed by atoms with Gasteiger partial charge in [0.1, 0.15) is 5.82 Å². The minimum Gasteiger partial charge on any atom is -0.466 e. The molecule has 4 rings (SSSR count). The van der Waals surface area contributed by atoms with Gasteiger partial charge in [0, 0.05) is 24.8 Å². The van der Waals surface area contributed by atoms with Crippen molar-refractivity contribution in [1.82, 2.24) is 14.6 Å². The van der Waals surface area contributed by atoms with Crippen molar-refractivity contribution < 1.29 is 9.53 Å². The summed E-state index contributed by atoms with van der Waals surface area (Å²) in [5, 5.41) is 4.22. The molecule has 30 heavy (non-hydrogen) atoms. The molecular weight excluding hydrogens is 376 g/mol. The van der Waals surface area contributed by atoms with Gasteiger partial charge in [0.15, 0.2) is 5.65 Å². The highest BCUT2D eigenvalue weighted by Crippen LogP contribution is 2.34. The first kappa shape index (κ1) is 23.4. The molecule has 1 aromatic carbocycles. The number of nitrogen functional groups attached to an aromatic ring is 1. The molecular formula is C24H34N4O2. The Kier molecular flexibility index (Phi) is 9.32. The third kappa shape index (κ3) is 6.05. The SMILES string of the molecule is CC.CCOC(C)=O.Nc1c(-c2ccc(C3CCCCC3)cc2)cnc2ccnn12. The highest BCUT2D eigenvalue weighted by Gasteiger charge is 2.16. The fourth-order valence-electron chi connectivity index (χ4n) is 3.69. The van der Waals surface area contributed by atoms with Gasteiger partial charge in [-0.25, -0.2) is 4.98 Å². The zero-order chi connectivity index (χ0) is 21.9. The Bertz CT molecular complexity index is 913. The molecule has 0 spiro atoms. The molecule has 1 aliphatic rings. The fourth-order valence-corrected chi connectivity index (χ4v) is 3.69. The first-order chi connectivity index (χ1) is 14.6. The smallest absolute Gasteiger partial charge is 0.302 e. The van der Waals surface area contributed by atoms with E-state index < -0.39 is 0 Å². The van der Waals surface area contributed by atoms with Crippen molar-refractivity contribution in [1.29, 1.82) is 0 Å². The molecule has 0 bridgehead atoms. The average Bonchev–Trinajstić information content (AvgIpc) is 3.27. The van der Waals surface area contributed by atoms with Gasteiger partial charge in [-0.15, -0.1) is 0 Å². The first-order valence-electron chi connectivity index (χ1n) is 10.9. The summed E-state index contributed by atoms with van der Waals surface area (Å²) in [6, 6.07) is 10.7. The molecule has 0 amide bonds. The molecule has 0 atom stereocenters. The number of rotatable bonds is 3. The van der Waals surface area contributed by atoms with E-state index in [1.165, 1.54) is 44.6 Å². The summed E-state index contributed by atoms with van der Waals surface area (Å²) >= 11 is 0. The Morgan fingerprint density at radius 2 is 1.80 bits per heavy atom. The number of ether oxygens (including phenoxy) is 1. The molecule has 1 aliphatic carbocycles. The largest absolute Gasteiger partial charge is 0.466 e.